The van der Waals surface area contributed by atoms with Gasteiger partial charge in [0, 0.05) is 18.8 Å². The second-order valence-corrected chi connectivity index (χ2v) is 6.31. The van der Waals surface area contributed by atoms with Crippen molar-refractivity contribution in [3.05, 3.63) is 24.3 Å². The summed E-state index contributed by atoms with van der Waals surface area (Å²) in [6, 6.07) is 9.37. The summed E-state index contributed by atoms with van der Waals surface area (Å²) in [5, 5.41) is 0. The zero-order valence-corrected chi connectivity index (χ0v) is 13.8. The van der Waals surface area contributed by atoms with Crippen molar-refractivity contribution in [2.45, 2.75) is 70.8 Å². The normalized spacial score (nSPS) is 15.9. The van der Waals surface area contributed by atoms with Crippen molar-refractivity contribution in [1.29, 1.82) is 0 Å². The average Bonchev–Trinajstić information content (AvgIpc) is 2.55. The molecule has 1 aliphatic rings. The third-order valence-corrected chi connectivity index (χ3v) is 4.63. The Balaban J connectivity index is 1.78. The Morgan fingerprint density at radius 2 is 1.71 bits per heavy atom. The molecule has 0 aliphatic heterocycles. The van der Waals surface area contributed by atoms with Crippen LogP contribution in [0.25, 0.3) is 0 Å². The number of rotatable bonds is 8. The molecule has 0 unspecified atom stereocenters. The van der Waals surface area contributed by atoms with Gasteiger partial charge in [0.15, 0.2) is 0 Å². The van der Waals surface area contributed by atoms with Gasteiger partial charge in [0.1, 0.15) is 5.75 Å². The van der Waals surface area contributed by atoms with E-state index in [1.807, 2.05) is 0 Å². The minimum Gasteiger partial charge on any atom is -0.494 e. The lowest BCUT2D eigenvalue weighted by Crippen LogP contribution is -2.33. The van der Waals surface area contributed by atoms with Crippen molar-refractivity contribution in [2.75, 3.05) is 18.6 Å². The predicted molar refractivity (Wildman–Crippen MR) is 91.4 cm³/mol. The Kier molecular flexibility index (Phi) is 6.91. The Bertz CT molecular complexity index is 381. The molecule has 0 N–H and O–H groups in total. The van der Waals surface area contributed by atoms with Crippen LogP contribution in [0, 0.1) is 0 Å². The van der Waals surface area contributed by atoms with Gasteiger partial charge < -0.3 is 9.64 Å². The van der Waals surface area contributed by atoms with Crippen molar-refractivity contribution in [1.82, 2.24) is 0 Å². The highest BCUT2D eigenvalue weighted by molar-refractivity contribution is 5.49. The standard InChI is InChI=1S/C19H31NO/c1-3-4-5-9-16-21-19-14-12-18(13-15-19)20(2)17-10-7-6-8-11-17/h12-15,17H,3-11,16H2,1-2H3. The highest BCUT2D eigenvalue weighted by Gasteiger charge is 2.18. The van der Waals surface area contributed by atoms with Gasteiger partial charge in [-0.1, -0.05) is 45.4 Å². The maximum Gasteiger partial charge on any atom is 0.119 e. The number of nitrogens with zero attached hydrogens (tertiary/aromatic N) is 1. The highest BCUT2D eigenvalue weighted by atomic mass is 16.5. The van der Waals surface area contributed by atoms with Crippen LogP contribution >= 0.6 is 0 Å². The first-order chi connectivity index (χ1) is 10.3. The van der Waals surface area contributed by atoms with Gasteiger partial charge in [-0.2, -0.15) is 0 Å². The minimum atomic E-state index is 0.722. The molecule has 1 fully saturated rings. The van der Waals surface area contributed by atoms with Gasteiger partial charge in [-0.15, -0.1) is 0 Å². The molecule has 21 heavy (non-hydrogen) atoms. The van der Waals surface area contributed by atoms with E-state index in [9.17, 15) is 0 Å². The molecule has 2 heteroatoms. The number of benzene rings is 1. The van der Waals surface area contributed by atoms with Crippen LogP contribution in [0.1, 0.15) is 64.7 Å². The van der Waals surface area contributed by atoms with Gasteiger partial charge in [0.05, 0.1) is 6.61 Å². The first kappa shape index (κ1) is 16.2. The summed E-state index contributed by atoms with van der Waals surface area (Å²) < 4.78 is 5.81. The fourth-order valence-corrected chi connectivity index (χ4v) is 3.18. The molecule has 0 atom stereocenters. The zero-order valence-electron chi connectivity index (χ0n) is 13.8. The van der Waals surface area contributed by atoms with Crippen LogP contribution < -0.4 is 9.64 Å². The van der Waals surface area contributed by atoms with Crippen LogP contribution in [0.4, 0.5) is 5.69 Å². The lowest BCUT2D eigenvalue weighted by molar-refractivity contribution is 0.305. The molecule has 0 saturated heterocycles. The van der Waals surface area contributed by atoms with Gasteiger partial charge in [0.2, 0.25) is 0 Å². The maximum absolute atomic E-state index is 5.81. The maximum atomic E-state index is 5.81. The molecule has 1 aromatic carbocycles. The summed E-state index contributed by atoms with van der Waals surface area (Å²) in [5.74, 6) is 1.01. The van der Waals surface area contributed by atoms with E-state index >= 15 is 0 Å². The van der Waals surface area contributed by atoms with Crippen LogP contribution in [0.3, 0.4) is 0 Å². The molecule has 1 aliphatic carbocycles. The Morgan fingerprint density at radius 1 is 1.00 bits per heavy atom. The molecule has 0 amide bonds. The highest BCUT2D eigenvalue weighted by Crippen LogP contribution is 2.27. The summed E-state index contributed by atoms with van der Waals surface area (Å²) in [7, 11) is 2.23. The number of ether oxygens (including phenoxy) is 1. The molecule has 118 valence electrons. The molecule has 2 rings (SSSR count). The average molecular weight is 289 g/mol. The van der Waals surface area contributed by atoms with Gasteiger partial charge >= 0.3 is 0 Å². The van der Waals surface area contributed by atoms with Crippen LogP contribution in [0.2, 0.25) is 0 Å². The first-order valence-electron chi connectivity index (χ1n) is 8.77. The molecule has 0 aromatic heterocycles. The zero-order chi connectivity index (χ0) is 14.9. The number of unbranched alkanes of at least 4 members (excludes halogenated alkanes) is 3. The predicted octanol–water partition coefficient (Wildman–Crippen LogP) is 5.41. The second-order valence-electron chi connectivity index (χ2n) is 6.31. The van der Waals surface area contributed by atoms with Crippen LogP contribution in [0.15, 0.2) is 24.3 Å². The molecule has 0 heterocycles. The Labute approximate surface area is 130 Å². The molecule has 2 nitrogen and oxygen atoms in total. The van der Waals surface area contributed by atoms with E-state index in [0.717, 1.165) is 24.8 Å². The second kappa shape index (κ2) is 8.96. The molecule has 0 bridgehead atoms. The van der Waals surface area contributed by atoms with Crippen LogP contribution in [0.5, 0.6) is 5.75 Å². The van der Waals surface area contributed by atoms with Crippen molar-refractivity contribution < 1.29 is 4.74 Å². The Morgan fingerprint density at radius 3 is 2.38 bits per heavy atom. The van der Waals surface area contributed by atoms with Crippen molar-refractivity contribution in [3.8, 4) is 5.75 Å². The number of anilines is 1. The summed E-state index contributed by atoms with van der Waals surface area (Å²) in [6.45, 7) is 3.08. The van der Waals surface area contributed by atoms with Gasteiger partial charge in [-0.25, -0.2) is 0 Å². The van der Waals surface area contributed by atoms with Gasteiger partial charge in [-0.3, -0.25) is 0 Å². The fraction of sp³-hybridized carbons (Fsp3) is 0.684. The van der Waals surface area contributed by atoms with Gasteiger partial charge in [-0.05, 0) is 43.5 Å². The van der Waals surface area contributed by atoms with Crippen LogP contribution in [-0.4, -0.2) is 19.7 Å². The monoisotopic (exact) mass is 289 g/mol. The summed E-state index contributed by atoms with van der Waals surface area (Å²) in [4.78, 5) is 2.45. The molecule has 1 saturated carbocycles. The molecular weight excluding hydrogens is 258 g/mol. The smallest absolute Gasteiger partial charge is 0.119 e. The largest absolute Gasteiger partial charge is 0.494 e. The van der Waals surface area contributed by atoms with E-state index in [4.69, 9.17) is 4.74 Å². The fourth-order valence-electron chi connectivity index (χ4n) is 3.18. The summed E-state index contributed by atoms with van der Waals surface area (Å²) in [5.41, 5.74) is 1.32. The van der Waals surface area contributed by atoms with E-state index in [-0.39, 0.29) is 0 Å². The van der Waals surface area contributed by atoms with Crippen molar-refractivity contribution in [2.24, 2.45) is 0 Å². The lowest BCUT2D eigenvalue weighted by Gasteiger charge is -2.33. The number of hydrogen-bond donors (Lipinski definition) is 0. The van der Waals surface area contributed by atoms with Crippen molar-refractivity contribution in [3.63, 3.8) is 0 Å². The Hall–Kier alpha value is -1.18. The molecule has 1 aromatic rings. The van der Waals surface area contributed by atoms with E-state index in [1.165, 1.54) is 57.1 Å². The topological polar surface area (TPSA) is 12.5 Å². The van der Waals surface area contributed by atoms with Crippen molar-refractivity contribution >= 4 is 5.69 Å². The van der Waals surface area contributed by atoms with E-state index in [0.29, 0.717) is 0 Å². The lowest BCUT2D eigenvalue weighted by atomic mass is 9.94. The van der Waals surface area contributed by atoms with Gasteiger partial charge in [0.25, 0.3) is 0 Å². The van der Waals surface area contributed by atoms with E-state index in [1.54, 1.807) is 0 Å². The van der Waals surface area contributed by atoms with Crippen LogP contribution in [-0.2, 0) is 0 Å². The SMILES string of the molecule is CCCCCCOc1ccc(N(C)C2CCCCC2)cc1. The third kappa shape index (κ3) is 5.26. The van der Waals surface area contributed by atoms with E-state index < -0.39 is 0 Å². The first-order valence-corrected chi connectivity index (χ1v) is 8.77. The number of hydrogen-bond acceptors (Lipinski definition) is 2. The third-order valence-electron chi connectivity index (χ3n) is 4.63. The van der Waals surface area contributed by atoms with E-state index in [2.05, 4.69) is 43.1 Å². The molecule has 0 spiro atoms. The minimum absolute atomic E-state index is 0.722. The summed E-state index contributed by atoms with van der Waals surface area (Å²) in [6.07, 6.45) is 11.9. The molecule has 0 radical (unpaired) electrons. The molecular formula is C19H31NO. The summed E-state index contributed by atoms with van der Waals surface area (Å²) >= 11 is 0. The quantitative estimate of drug-likeness (QED) is 0.593.